The molecule has 3 N–H and O–H groups in total. The number of hydrogen-bond acceptors (Lipinski definition) is 2. The van der Waals surface area contributed by atoms with Gasteiger partial charge in [-0.2, -0.15) is 0 Å². The van der Waals surface area contributed by atoms with Gasteiger partial charge in [0.1, 0.15) is 6.04 Å². The Morgan fingerprint density at radius 2 is 2.14 bits per heavy atom. The minimum Gasteiger partial charge on any atom is -1.00 e. The SMILES string of the molecule is C[C@H](N)C(=O)O.[H-].[Na+]. The average molecular weight is 113 g/mol. The third-order valence-corrected chi connectivity index (χ3v) is 0.390. The summed E-state index contributed by atoms with van der Waals surface area (Å²) in [7, 11) is 0. The van der Waals surface area contributed by atoms with Gasteiger partial charge in [-0.15, -0.1) is 0 Å². The van der Waals surface area contributed by atoms with Crippen molar-refractivity contribution < 1.29 is 40.9 Å². The second kappa shape index (κ2) is 4.59. The van der Waals surface area contributed by atoms with Crippen LogP contribution in [0.2, 0.25) is 0 Å². The molecule has 7 heavy (non-hydrogen) atoms. The second-order valence-electron chi connectivity index (χ2n) is 1.13. The normalized spacial score (nSPS) is 11.7. The van der Waals surface area contributed by atoms with Crippen LogP contribution in [0.5, 0.6) is 0 Å². The van der Waals surface area contributed by atoms with E-state index < -0.39 is 12.0 Å². The van der Waals surface area contributed by atoms with Crippen molar-refractivity contribution in [1.82, 2.24) is 0 Å². The Kier molecular flexibility index (Phi) is 6.82. The topological polar surface area (TPSA) is 63.3 Å². The van der Waals surface area contributed by atoms with Crippen molar-refractivity contribution in [3.05, 3.63) is 0 Å². The van der Waals surface area contributed by atoms with Gasteiger partial charge in [-0.05, 0) is 6.92 Å². The maximum atomic E-state index is 9.57. The molecule has 0 spiro atoms. The molecule has 0 aromatic heterocycles. The molecule has 0 saturated carbocycles. The number of carboxylic acids is 1. The largest absolute Gasteiger partial charge is 1.00 e. The Morgan fingerprint density at radius 3 is 2.14 bits per heavy atom. The van der Waals surface area contributed by atoms with Crippen LogP contribution in [0.4, 0.5) is 0 Å². The van der Waals surface area contributed by atoms with E-state index in [2.05, 4.69) is 0 Å². The molecule has 0 aliphatic heterocycles. The molecule has 0 rings (SSSR count). The second-order valence-corrected chi connectivity index (χ2v) is 1.13. The van der Waals surface area contributed by atoms with Crippen molar-refractivity contribution in [2.24, 2.45) is 5.73 Å². The predicted molar refractivity (Wildman–Crippen MR) is 22.4 cm³/mol. The number of nitrogens with two attached hydrogens (primary N) is 1. The summed E-state index contributed by atoms with van der Waals surface area (Å²) < 4.78 is 0. The molecule has 0 aromatic rings. The Hall–Kier alpha value is 0.430. The number of aliphatic carboxylic acids is 1. The summed E-state index contributed by atoms with van der Waals surface area (Å²) >= 11 is 0. The standard InChI is InChI=1S/C3H7NO2.Na.H/c1-2(4)3(5)6;;/h2H,4H2,1H3,(H,5,6);;/q;+1;-1/t2-;;/m0../s1. The molecule has 0 saturated heterocycles. The quantitative estimate of drug-likeness (QED) is 0.347. The van der Waals surface area contributed by atoms with E-state index in [0.717, 1.165) is 0 Å². The predicted octanol–water partition coefficient (Wildman–Crippen LogP) is -3.47. The van der Waals surface area contributed by atoms with Crippen LogP contribution in [0, 0.1) is 0 Å². The molecule has 4 heteroatoms. The van der Waals surface area contributed by atoms with Crippen molar-refractivity contribution in [3.63, 3.8) is 0 Å². The molecular weight excluding hydrogens is 105 g/mol. The number of rotatable bonds is 1. The fourth-order valence-electron chi connectivity index (χ4n) is 0. The van der Waals surface area contributed by atoms with Gasteiger partial charge < -0.3 is 12.3 Å². The average Bonchev–Trinajstić information content (AvgIpc) is 1.36. The van der Waals surface area contributed by atoms with E-state index in [0.29, 0.717) is 0 Å². The fourth-order valence-corrected chi connectivity index (χ4v) is 0. The number of carboxylic acid groups (broad SMARTS) is 1. The Balaban J connectivity index is -0.000000125. The Bertz CT molecular complexity index is 68.3. The smallest absolute Gasteiger partial charge is 1.00 e. The van der Waals surface area contributed by atoms with Gasteiger partial charge in [0.15, 0.2) is 0 Å². The van der Waals surface area contributed by atoms with Crippen LogP contribution in [0.3, 0.4) is 0 Å². The van der Waals surface area contributed by atoms with Crippen LogP contribution >= 0.6 is 0 Å². The first-order chi connectivity index (χ1) is 2.64. The molecule has 1 atom stereocenters. The summed E-state index contributed by atoms with van der Waals surface area (Å²) in [6, 6.07) is -0.731. The van der Waals surface area contributed by atoms with E-state index in [-0.39, 0.29) is 31.0 Å². The molecule has 38 valence electrons. The Morgan fingerprint density at radius 1 is 2.00 bits per heavy atom. The van der Waals surface area contributed by atoms with E-state index in [1.54, 1.807) is 0 Å². The van der Waals surface area contributed by atoms with Crippen molar-refractivity contribution in [1.29, 1.82) is 0 Å². The molecule has 0 heterocycles. The number of carbonyl (C=O) groups is 1. The molecule has 0 amide bonds. The summed E-state index contributed by atoms with van der Waals surface area (Å²) in [5.74, 6) is -0.963. The summed E-state index contributed by atoms with van der Waals surface area (Å²) in [6.07, 6.45) is 0. The first kappa shape index (κ1) is 10.4. The molecule has 0 aliphatic rings. The minimum atomic E-state index is -0.963. The zero-order valence-electron chi connectivity index (χ0n) is 5.51. The molecule has 0 unspecified atom stereocenters. The van der Waals surface area contributed by atoms with E-state index in [4.69, 9.17) is 10.8 Å². The van der Waals surface area contributed by atoms with E-state index in [9.17, 15) is 4.79 Å². The molecule has 0 aromatic carbocycles. The van der Waals surface area contributed by atoms with Gasteiger partial charge in [0.05, 0.1) is 0 Å². The van der Waals surface area contributed by atoms with Gasteiger partial charge >= 0.3 is 35.5 Å². The maximum absolute atomic E-state index is 9.57. The third-order valence-electron chi connectivity index (χ3n) is 0.390. The third kappa shape index (κ3) is 6.43. The number of hydrogen-bond donors (Lipinski definition) is 2. The van der Waals surface area contributed by atoms with Gasteiger partial charge in [-0.25, -0.2) is 0 Å². The Labute approximate surface area is 65.7 Å². The van der Waals surface area contributed by atoms with Gasteiger partial charge in [-0.1, -0.05) is 0 Å². The van der Waals surface area contributed by atoms with Gasteiger partial charge in [0.25, 0.3) is 0 Å². The van der Waals surface area contributed by atoms with Crippen LogP contribution in [0.15, 0.2) is 0 Å². The van der Waals surface area contributed by atoms with Crippen molar-refractivity contribution in [3.8, 4) is 0 Å². The molecule has 0 radical (unpaired) electrons. The van der Waals surface area contributed by atoms with E-state index in [1.165, 1.54) is 6.92 Å². The van der Waals surface area contributed by atoms with Crippen LogP contribution in [-0.2, 0) is 4.79 Å². The molecule has 0 fully saturated rings. The van der Waals surface area contributed by atoms with Gasteiger partial charge in [0, 0.05) is 0 Å². The first-order valence-electron chi connectivity index (χ1n) is 1.63. The minimum absolute atomic E-state index is 0. The van der Waals surface area contributed by atoms with Crippen LogP contribution in [0.25, 0.3) is 0 Å². The summed E-state index contributed by atoms with van der Waals surface area (Å²) in [6.45, 7) is 1.42. The summed E-state index contributed by atoms with van der Waals surface area (Å²) in [4.78, 5) is 9.57. The van der Waals surface area contributed by atoms with E-state index in [1.807, 2.05) is 0 Å². The molecule has 3 nitrogen and oxygen atoms in total. The zero-order chi connectivity index (χ0) is 5.15. The van der Waals surface area contributed by atoms with Crippen LogP contribution in [0.1, 0.15) is 8.35 Å². The van der Waals surface area contributed by atoms with Gasteiger partial charge in [-0.3, -0.25) is 4.79 Å². The fraction of sp³-hybridized carbons (Fsp3) is 0.667. The van der Waals surface area contributed by atoms with Gasteiger partial charge in [0.2, 0.25) is 0 Å². The van der Waals surface area contributed by atoms with Crippen molar-refractivity contribution in [2.75, 3.05) is 0 Å². The monoisotopic (exact) mass is 113 g/mol. The van der Waals surface area contributed by atoms with Crippen molar-refractivity contribution >= 4 is 5.97 Å². The van der Waals surface area contributed by atoms with Crippen LogP contribution < -0.4 is 35.3 Å². The summed E-state index contributed by atoms with van der Waals surface area (Å²) in [5, 5.41) is 7.87. The first-order valence-corrected chi connectivity index (χ1v) is 1.63. The molecule has 0 aliphatic carbocycles. The maximum Gasteiger partial charge on any atom is 1.00 e. The van der Waals surface area contributed by atoms with Crippen LogP contribution in [-0.4, -0.2) is 17.1 Å². The molecule has 0 bridgehead atoms. The molecular formula is C3H8NNaO2. The van der Waals surface area contributed by atoms with E-state index >= 15 is 0 Å². The van der Waals surface area contributed by atoms with Crippen molar-refractivity contribution in [2.45, 2.75) is 13.0 Å². The summed E-state index contributed by atoms with van der Waals surface area (Å²) in [5.41, 5.74) is 4.84. The zero-order valence-corrected chi connectivity index (χ0v) is 6.51.